The fraction of sp³-hybridized carbons (Fsp3) is 0.565. The summed E-state index contributed by atoms with van der Waals surface area (Å²) >= 11 is 2.01. The number of piperidine rings is 1. The summed E-state index contributed by atoms with van der Waals surface area (Å²) in [6.45, 7) is 8.64. The number of aryl methyl sites for hydroxylation is 1. The zero-order valence-corrected chi connectivity index (χ0v) is 18.6. The Morgan fingerprint density at radius 2 is 1.83 bits per heavy atom. The van der Waals surface area contributed by atoms with Gasteiger partial charge in [-0.15, -0.1) is 0 Å². The Kier molecular flexibility index (Phi) is 6.30. The van der Waals surface area contributed by atoms with Gasteiger partial charge in [-0.3, -0.25) is 0 Å². The molecule has 0 saturated carbocycles. The second-order valence-corrected chi connectivity index (χ2v) is 9.53. The van der Waals surface area contributed by atoms with Gasteiger partial charge in [0.2, 0.25) is 0 Å². The highest BCUT2D eigenvalue weighted by molar-refractivity contribution is 7.99. The molecule has 5 nitrogen and oxygen atoms in total. The molecule has 0 bridgehead atoms. The number of thioether (sulfide) groups is 1. The predicted molar refractivity (Wildman–Crippen MR) is 123 cm³/mol. The standard InChI is InChI=1S/C23H33N3O2S/c1-16-6-8-25(9-7-16)20-15-18(27-3)4-5-19(20)22(24)21-14-17(2)23(28-21)26-10-12-29-13-11-26/h4-5,14-16,22H,6-13,24H2,1-3H3. The van der Waals surface area contributed by atoms with E-state index in [0.717, 1.165) is 66.6 Å². The zero-order chi connectivity index (χ0) is 20.4. The van der Waals surface area contributed by atoms with Crippen molar-refractivity contribution in [3.63, 3.8) is 0 Å². The first-order valence-electron chi connectivity index (χ1n) is 10.7. The molecule has 6 heteroatoms. The molecule has 2 N–H and O–H groups in total. The molecule has 2 saturated heterocycles. The molecular weight excluding hydrogens is 382 g/mol. The predicted octanol–water partition coefficient (Wildman–Crippen LogP) is 4.43. The lowest BCUT2D eigenvalue weighted by atomic mass is 9.96. The van der Waals surface area contributed by atoms with Crippen LogP contribution in [0.2, 0.25) is 0 Å². The summed E-state index contributed by atoms with van der Waals surface area (Å²) in [4.78, 5) is 4.80. The summed E-state index contributed by atoms with van der Waals surface area (Å²) in [5, 5.41) is 0. The average molecular weight is 416 g/mol. The third kappa shape index (κ3) is 4.38. The van der Waals surface area contributed by atoms with Crippen LogP contribution in [0.5, 0.6) is 5.75 Å². The van der Waals surface area contributed by atoms with Gasteiger partial charge in [-0.25, -0.2) is 0 Å². The summed E-state index contributed by atoms with van der Waals surface area (Å²) in [5.74, 6) is 5.78. The van der Waals surface area contributed by atoms with E-state index in [1.165, 1.54) is 24.1 Å². The topological polar surface area (TPSA) is 54.9 Å². The van der Waals surface area contributed by atoms with E-state index in [0.29, 0.717) is 0 Å². The van der Waals surface area contributed by atoms with Crippen molar-refractivity contribution in [2.24, 2.45) is 11.7 Å². The third-order valence-electron chi connectivity index (χ3n) is 6.21. The number of anilines is 2. The molecule has 2 aliphatic heterocycles. The second-order valence-electron chi connectivity index (χ2n) is 8.31. The maximum absolute atomic E-state index is 6.77. The Bertz CT molecular complexity index is 824. The first-order chi connectivity index (χ1) is 14.1. The van der Waals surface area contributed by atoms with Gasteiger partial charge in [-0.1, -0.05) is 13.0 Å². The zero-order valence-electron chi connectivity index (χ0n) is 17.8. The number of furan rings is 1. The summed E-state index contributed by atoms with van der Waals surface area (Å²) < 4.78 is 11.8. The number of ether oxygens (including phenoxy) is 1. The van der Waals surface area contributed by atoms with Crippen LogP contribution in [0.1, 0.15) is 42.7 Å². The fourth-order valence-electron chi connectivity index (χ4n) is 4.32. The molecule has 29 heavy (non-hydrogen) atoms. The van der Waals surface area contributed by atoms with E-state index in [-0.39, 0.29) is 6.04 Å². The van der Waals surface area contributed by atoms with Gasteiger partial charge in [-0.05, 0) is 37.8 Å². The number of hydrogen-bond donors (Lipinski definition) is 1. The van der Waals surface area contributed by atoms with E-state index < -0.39 is 0 Å². The van der Waals surface area contributed by atoms with E-state index in [2.05, 4.69) is 41.8 Å². The molecule has 2 fully saturated rings. The van der Waals surface area contributed by atoms with E-state index in [9.17, 15) is 0 Å². The summed E-state index contributed by atoms with van der Waals surface area (Å²) in [7, 11) is 1.72. The van der Waals surface area contributed by atoms with Crippen molar-refractivity contribution >= 4 is 23.3 Å². The van der Waals surface area contributed by atoms with Crippen molar-refractivity contribution in [3.8, 4) is 5.75 Å². The SMILES string of the molecule is COc1ccc(C(N)c2cc(C)c(N3CCSCC3)o2)c(N2CCC(C)CC2)c1. The molecule has 2 aliphatic rings. The molecule has 0 spiro atoms. The Hall–Kier alpha value is -1.79. The molecule has 3 heterocycles. The van der Waals surface area contributed by atoms with Crippen molar-refractivity contribution < 1.29 is 9.15 Å². The Balaban J connectivity index is 1.63. The number of rotatable bonds is 5. The van der Waals surface area contributed by atoms with E-state index in [4.69, 9.17) is 14.9 Å². The smallest absolute Gasteiger partial charge is 0.198 e. The normalized spacial score (nSPS) is 19.4. The minimum Gasteiger partial charge on any atom is -0.497 e. The fourth-order valence-corrected chi connectivity index (χ4v) is 5.22. The quantitative estimate of drug-likeness (QED) is 0.779. The van der Waals surface area contributed by atoms with Gasteiger partial charge in [0, 0.05) is 60.6 Å². The molecular formula is C23H33N3O2S. The number of methoxy groups -OCH3 is 1. The molecule has 0 radical (unpaired) electrons. The molecule has 0 aliphatic carbocycles. The maximum Gasteiger partial charge on any atom is 0.198 e. The maximum atomic E-state index is 6.77. The van der Waals surface area contributed by atoms with Crippen molar-refractivity contribution in [2.45, 2.75) is 32.7 Å². The van der Waals surface area contributed by atoms with Crippen LogP contribution >= 0.6 is 11.8 Å². The van der Waals surface area contributed by atoms with Crippen LogP contribution in [-0.4, -0.2) is 44.8 Å². The summed E-state index contributed by atoms with van der Waals surface area (Å²) in [6.07, 6.45) is 2.42. The van der Waals surface area contributed by atoms with Gasteiger partial charge in [0.15, 0.2) is 5.88 Å². The van der Waals surface area contributed by atoms with Crippen LogP contribution in [0.4, 0.5) is 11.6 Å². The molecule has 2 aromatic rings. The van der Waals surface area contributed by atoms with Crippen LogP contribution in [-0.2, 0) is 0 Å². The number of hydrogen-bond acceptors (Lipinski definition) is 6. The lowest BCUT2D eigenvalue weighted by Crippen LogP contribution is -2.34. The second kappa shape index (κ2) is 8.92. The van der Waals surface area contributed by atoms with Gasteiger partial charge >= 0.3 is 0 Å². The number of nitrogens with zero attached hydrogens (tertiary/aromatic N) is 2. The lowest BCUT2D eigenvalue weighted by Gasteiger charge is -2.34. The van der Waals surface area contributed by atoms with Crippen LogP contribution < -0.4 is 20.3 Å². The highest BCUT2D eigenvalue weighted by Gasteiger charge is 2.25. The summed E-state index contributed by atoms with van der Waals surface area (Å²) in [6, 6.07) is 8.06. The van der Waals surface area contributed by atoms with Crippen molar-refractivity contribution in [1.29, 1.82) is 0 Å². The van der Waals surface area contributed by atoms with Crippen LogP contribution in [0.25, 0.3) is 0 Å². The van der Waals surface area contributed by atoms with Gasteiger partial charge in [0.05, 0.1) is 13.2 Å². The Morgan fingerprint density at radius 3 is 2.52 bits per heavy atom. The van der Waals surface area contributed by atoms with Crippen molar-refractivity contribution in [3.05, 3.63) is 41.2 Å². The van der Waals surface area contributed by atoms with Crippen LogP contribution in [0, 0.1) is 12.8 Å². The lowest BCUT2D eigenvalue weighted by molar-refractivity contribution is 0.412. The minimum atomic E-state index is -0.290. The van der Waals surface area contributed by atoms with Gasteiger partial charge < -0.3 is 24.7 Å². The minimum absolute atomic E-state index is 0.290. The largest absolute Gasteiger partial charge is 0.497 e. The van der Waals surface area contributed by atoms with Gasteiger partial charge in [-0.2, -0.15) is 11.8 Å². The van der Waals surface area contributed by atoms with Crippen molar-refractivity contribution in [1.82, 2.24) is 0 Å². The molecule has 158 valence electrons. The first-order valence-corrected chi connectivity index (χ1v) is 11.8. The summed E-state index contributed by atoms with van der Waals surface area (Å²) in [5.41, 5.74) is 10.2. The average Bonchev–Trinajstić information content (AvgIpc) is 3.15. The molecule has 4 rings (SSSR count). The molecule has 1 aromatic carbocycles. The molecule has 1 unspecified atom stereocenters. The van der Waals surface area contributed by atoms with Crippen LogP contribution in [0.15, 0.2) is 28.7 Å². The van der Waals surface area contributed by atoms with E-state index in [1.54, 1.807) is 7.11 Å². The Labute approximate surface area is 178 Å². The van der Waals surface area contributed by atoms with E-state index >= 15 is 0 Å². The first kappa shape index (κ1) is 20.5. The number of benzene rings is 1. The highest BCUT2D eigenvalue weighted by Crippen LogP contribution is 2.37. The van der Waals surface area contributed by atoms with Gasteiger partial charge in [0.25, 0.3) is 0 Å². The molecule has 1 atom stereocenters. The Morgan fingerprint density at radius 1 is 1.10 bits per heavy atom. The monoisotopic (exact) mass is 415 g/mol. The van der Waals surface area contributed by atoms with Gasteiger partial charge in [0.1, 0.15) is 11.5 Å². The van der Waals surface area contributed by atoms with Crippen molar-refractivity contribution in [2.75, 3.05) is 54.6 Å². The number of nitrogens with two attached hydrogens (primary N) is 1. The van der Waals surface area contributed by atoms with E-state index in [1.807, 2.05) is 17.8 Å². The van der Waals surface area contributed by atoms with Crippen LogP contribution in [0.3, 0.4) is 0 Å². The third-order valence-corrected chi connectivity index (χ3v) is 7.15. The molecule has 1 aromatic heterocycles. The molecule has 0 amide bonds. The highest BCUT2D eigenvalue weighted by atomic mass is 32.2.